The number of rotatable bonds is 8. The molecule has 5 nitrogen and oxygen atoms in total. The maximum atomic E-state index is 12.4. The minimum absolute atomic E-state index is 0.141. The summed E-state index contributed by atoms with van der Waals surface area (Å²) in [6.07, 6.45) is 0.786. The first kappa shape index (κ1) is 21.3. The van der Waals surface area contributed by atoms with E-state index in [1.54, 1.807) is 12.0 Å². The Morgan fingerprint density at radius 3 is 2.39 bits per heavy atom. The summed E-state index contributed by atoms with van der Waals surface area (Å²) in [7, 11) is 1.68. The SMILES string of the molecule is COc1ccccc1CCNC(=O)C[NH+]1CC[NH+](Cc2cccc3ccccc23)CC1. The number of benzene rings is 3. The van der Waals surface area contributed by atoms with Gasteiger partial charge in [-0.25, -0.2) is 0 Å². The van der Waals surface area contributed by atoms with Gasteiger partial charge in [-0.1, -0.05) is 60.7 Å². The highest BCUT2D eigenvalue weighted by Crippen LogP contribution is 2.18. The smallest absolute Gasteiger partial charge is 0.275 e. The quantitative estimate of drug-likeness (QED) is 0.498. The molecule has 3 N–H and O–H groups in total. The third-order valence-corrected chi connectivity index (χ3v) is 6.30. The van der Waals surface area contributed by atoms with Crippen LogP contribution < -0.4 is 19.9 Å². The Labute approximate surface area is 184 Å². The number of hydrogen-bond donors (Lipinski definition) is 3. The highest BCUT2D eigenvalue weighted by Gasteiger charge is 2.25. The largest absolute Gasteiger partial charge is 0.496 e. The van der Waals surface area contributed by atoms with Gasteiger partial charge >= 0.3 is 0 Å². The fraction of sp³-hybridized carbons (Fsp3) is 0.346. The van der Waals surface area contributed by atoms with Gasteiger partial charge in [0.05, 0.1) is 7.11 Å². The lowest BCUT2D eigenvalue weighted by atomic mass is 10.0. The van der Waals surface area contributed by atoms with Crippen molar-refractivity contribution in [2.24, 2.45) is 0 Å². The number of carbonyl (C=O) groups excluding carboxylic acids is 1. The molecule has 0 unspecified atom stereocenters. The number of para-hydroxylation sites is 1. The Morgan fingerprint density at radius 2 is 1.55 bits per heavy atom. The van der Waals surface area contributed by atoms with Crippen LogP contribution in [0, 0.1) is 0 Å². The zero-order valence-electron chi connectivity index (χ0n) is 18.3. The zero-order chi connectivity index (χ0) is 21.5. The molecule has 1 fully saturated rings. The van der Waals surface area contributed by atoms with E-state index in [2.05, 4.69) is 47.8 Å². The van der Waals surface area contributed by atoms with E-state index in [4.69, 9.17) is 4.74 Å². The molecule has 0 aromatic heterocycles. The molecule has 3 aromatic carbocycles. The molecule has 1 amide bonds. The van der Waals surface area contributed by atoms with Crippen molar-refractivity contribution in [1.29, 1.82) is 0 Å². The van der Waals surface area contributed by atoms with Gasteiger partial charge in [-0.2, -0.15) is 0 Å². The molecular weight excluding hydrogens is 386 g/mol. The first-order valence-electron chi connectivity index (χ1n) is 11.3. The molecule has 1 heterocycles. The molecule has 1 aliphatic heterocycles. The summed E-state index contributed by atoms with van der Waals surface area (Å²) in [5, 5.41) is 5.75. The maximum Gasteiger partial charge on any atom is 0.275 e. The Bertz CT molecular complexity index is 1010. The van der Waals surface area contributed by atoms with Gasteiger partial charge < -0.3 is 19.9 Å². The van der Waals surface area contributed by atoms with E-state index in [1.807, 2.05) is 24.3 Å². The topological polar surface area (TPSA) is 47.2 Å². The average molecular weight is 420 g/mol. The van der Waals surface area contributed by atoms with Crippen molar-refractivity contribution < 1.29 is 19.3 Å². The van der Waals surface area contributed by atoms with E-state index >= 15 is 0 Å². The predicted molar refractivity (Wildman–Crippen MR) is 124 cm³/mol. The van der Waals surface area contributed by atoms with E-state index in [0.29, 0.717) is 13.1 Å². The van der Waals surface area contributed by atoms with Gasteiger partial charge in [0.15, 0.2) is 6.54 Å². The first-order chi connectivity index (χ1) is 15.2. The minimum atomic E-state index is 0.141. The second-order valence-corrected chi connectivity index (χ2v) is 8.40. The van der Waals surface area contributed by atoms with Crippen LogP contribution in [-0.4, -0.2) is 52.3 Å². The van der Waals surface area contributed by atoms with E-state index in [-0.39, 0.29) is 5.91 Å². The molecule has 4 rings (SSSR count). The maximum absolute atomic E-state index is 12.4. The van der Waals surface area contributed by atoms with Crippen LogP contribution in [0.25, 0.3) is 10.8 Å². The average Bonchev–Trinajstić information content (AvgIpc) is 2.81. The van der Waals surface area contributed by atoms with Gasteiger partial charge in [-0.3, -0.25) is 4.79 Å². The molecule has 0 bridgehead atoms. The molecule has 0 saturated carbocycles. The van der Waals surface area contributed by atoms with E-state index < -0.39 is 0 Å². The van der Waals surface area contributed by atoms with Crippen LogP contribution in [0.2, 0.25) is 0 Å². The van der Waals surface area contributed by atoms with Crippen molar-refractivity contribution in [2.45, 2.75) is 13.0 Å². The van der Waals surface area contributed by atoms with Gasteiger partial charge in [0.25, 0.3) is 5.91 Å². The van der Waals surface area contributed by atoms with Gasteiger partial charge in [0, 0.05) is 12.1 Å². The van der Waals surface area contributed by atoms with Crippen molar-refractivity contribution in [2.75, 3.05) is 46.4 Å². The monoisotopic (exact) mass is 419 g/mol. The number of fused-ring (bicyclic) bond motifs is 1. The van der Waals surface area contributed by atoms with Gasteiger partial charge in [0.2, 0.25) is 0 Å². The fourth-order valence-corrected chi connectivity index (χ4v) is 4.56. The summed E-state index contributed by atoms with van der Waals surface area (Å²) in [5.41, 5.74) is 2.55. The Kier molecular flexibility index (Phi) is 7.18. The normalized spacial score (nSPS) is 18.6. The molecule has 0 atom stereocenters. The molecule has 162 valence electrons. The number of quaternary nitrogens is 2. The van der Waals surface area contributed by atoms with Crippen LogP contribution in [0.5, 0.6) is 5.75 Å². The van der Waals surface area contributed by atoms with Crippen LogP contribution >= 0.6 is 0 Å². The Morgan fingerprint density at radius 1 is 0.871 bits per heavy atom. The number of nitrogens with one attached hydrogen (secondary N) is 3. The summed E-state index contributed by atoms with van der Waals surface area (Å²) in [4.78, 5) is 15.4. The Hall–Kier alpha value is -2.89. The third-order valence-electron chi connectivity index (χ3n) is 6.30. The molecular formula is C26H33N3O2+2. The van der Waals surface area contributed by atoms with Gasteiger partial charge in [0.1, 0.15) is 38.5 Å². The standard InChI is InChI=1S/C26H31N3O2/c1-31-25-12-5-3-8-22(25)13-14-27-26(30)20-29-17-15-28(16-18-29)19-23-10-6-9-21-7-2-4-11-24(21)23/h2-12H,13-20H2,1H3,(H,27,30)/p+2. The van der Waals surface area contributed by atoms with Crippen molar-refractivity contribution in [3.05, 3.63) is 77.9 Å². The summed E-state index contributed by atoms with van der Waals surface area (Å²) >= 11 is 0. The van der Waals surface area contributed by atoms with Crippen LogP contribution in [0.15, 0.2) is 66.7 Å². The van der Waals surface area contributed by atoms with Crippen molar-refractivity contribution >= 4 is 16.7 Å². The van der Waals surface area contributed by atoms with E-state index in [9.17, 15) is 4.79 Å². The fourth-order valence-electron chi connectivity index (χ4n) is 4.56. The van der Waals surface area contributed by atoms with E-state index in [1.165, 1.54) is 21.2 Å². The Balaban J connectivity index is 1.20. The number of ether oxygens (including phenoxy) is 1. The van der Waals surface area contributed by atoms with Crippen LogP contribution in [0.4, 0.5) is 0 Å². The number of methoxy groups -OCH3 is 1. The van der Waals surface area contributed by atoms with E-state index in [0.717, 1.165) is 50.5 Å². The molecule has 0 radical (unpaired) electrons. The summed E-state index contributed by atoms with van der Waals surface area (Å²) in [5.74, 6) is 1.02. The second-order valence-electron chi connectivity index (χ2n) is 8.40. The number of piperazine rings is 1. The number of hydrogen-bond acceptors (Lipinski definition) is 2. The van der Waals surface area contributed by atoms with Gasteiger partial charge in [-0.15, -0.1) is 0 Å². The lowest BCUT2D eigenvalue weighted by Gasteiger charge is -2.29. The molecule has 1 aliphatic rings. The first-order valence-corrected chi connectivity index (χ1v) is 11.3. The third kappa shape index (κ3) is 5.63. The highest BCUT2D eigenvalue weighted by atomic mass is 16.5. The lowest BCUT2D eigenvalue weighted by molar-refractivity contribution is -1.02. The molecule has 0 aliphatic carbocycles. The second kappa shape index (κ2) is 10.4. The number of amides is 1. The molecule has 31 heavy (non-hydrogen) atoms. The minimum Gasteiger partial charge on any atom is -0.496 e. The summed E-state index contributed by atoms with van der Waals surface area (Å²) in [6.45, 7) is 6.55. The van der Waals surface area contributed by atoms with Crippen molar-refractivity contribution in [3.63, 3.8) is 0 Å². The summed E-state index contributed by atoms with van der Waals surface area (Å²) in [6, 6.07) is 23.2. The predicted octanol–water partition coefficient (Wildman–Crippen LogP) is 0.491. The van der Waals surface area contributed by atoms with Crippen LogP contribution in [0.1, 0.15) is 11.1 Å². The van der Waals surface area contributed by atoms with Gasteiger partial charge in [-0.05, 0) is 28.8 Å². The molecule has 0 spiro atoms. The highest BCUT2D eigenvalue weighted by molar-refractivity contribution is 5.85. The lowest BCUT2D eigenvalue weighted by Crippen LogP contribution is -3.28. The van der Waals surface area contributed by atoms with Crippen LogP contribution in [-0.2, 0) is 17.8 Å². The molecule has 3 aromatic rings. The summed E-state index contributed by atoms with van der Waals surface area (Å²) < 4.78 is 5.38. The van der Waals surface area contributed by atoms with Crippen molar-refractivity contribution in [3.8, 4) is 5.75 Å². The molecule has 1 saturated heterocycles. The zero-order valence-corrected chi connectivity index (χ0v) is 18.3. The molecule has 5 heteroatoms. The van der Waals surface area contributed by atoms with Crippen molar-refractivity contribution in [1.82, 2.24) is 5.32 Å². The number of carbonyl (C=O) groups is 1. The van der Waals surface area contributed by atoms with Crippen LogP contribution in [0.3, 0.4) is 0 Å².